The number of nitrogens with zero attached hydrogens (tertiary/aromatic N) is 4. The average molecular weight is 319 g/mol. The topological polar surface area (TPSA) is 95.1 Å². The molecule has 0 unspecified atom stereocenters. The second-order valence-corrected chi connectivity index (χ2v) is 5.84. The number of rotatable bonds is 9. The number of anilines is 1. The molecule has 1 N–H and O–H groups in total. The number of hydrogen-bond donors (Lipinski definition) is 1. The molecule has 0 aliphatic heterocycles. The van der Waals surface area contributed by atoms with E-state index in [1.54, 1.807) is 0 Å². The Morgan fingerprint density at radius 2 is 2.09 bits per heavy atom. The van der Waals surface area contributed by atoms with Crippen molar-refractivity contribution < 1.29 is 4.92 Å². The summed E-state index contributed by atoms with van der Waals surface area (Å²) >= 11 is 0. The van der Waals surface area contributed by atoms with Crippen LogP contribution in [0.2, 0.25) is 0 Å². The molecule has 0 bridgehead atoms. The summed E-state index contributed by atoms with van der Waals surface area (Å²) in [7, 11) is 0. The van der Waals surface area contributed by atoms with Crippen molar-refractivity contribution in [2.75, 3.05) is 25.0 Å². The number of likely N-dealkylation sites (N-methyl/N-ethyl adjacent to an activating group) is 1. The molecule has 0 amide bonds. The van der Waals surface area contributed by atoms with Crippen LogP contribution in [0.5, 0.6) is 0 Å². The molecule has 7 heteroatoms. The molecule has 0 fully saturated rings. The molecule has 126 valence electrons. The van der Waals surface area contributed by atoms with Gasteiger partial charge in [-0.05, 0) is 25.4 Å². The Bertz CT molecular complexity index is 564. The van der Waals surface area contributed by atoms with Crippen molar-refractivity contribution in [3.63, 3.8) is 0 Å². The molecule has 1 heterocycles. The van der Waals surface area contributed by atoms with Gasteiger partial charge < -0.3 is 5.32 Å². The van der Waals surface area contributed by atoms with Gasteiger partial charge >= 0.3 is 0 Å². The Labute approximate surface area is 137 Å². The summed E-state index contributed by atoms with van der Waals surface area (Å²) in [5.41, 5.74) is 0.0246. The molecular formula is C16H25N5O2. The zero-order valence-electron chi connectivity index (χ0n) is 14.2. The third-order valence-corrected chi connectivity index (χ3v) is 3.78. The molecule has 0 aliphatic rings. The standard InChI is InChI=1S/C16H25N5O2/c1-5-20(6-2)14(7-12(3)4)10-18-16-13(9-17)8-15(11-19-16)21(22)23/h8,11-12,14H,5-7,10H2,1-4H3,(H,18,19)/t14-/m0/s1. The fourth-order valence-corrected chi connectivity index (χ4v) is 2.64. The summed E-state index contributed by atoms with van der Waals surface area (Å²) in [5, 5.41) is 23.1. The van der Waals surface area contributed by atoms with Crippen LogP contribution in [0.1, 0.15) is 39.7 Å². The van der Waals surface area contributed by atoms with Crippen molar-refractivity contribution in [1.29, 1.82) is 5.26 Å². The maximum absolute atomic E-state index is 10.8. The predicted molar refractivity (Wildman–Crippen MR) is 90.3 cm³/mol. The normalized spacial score (nSPS) is 12.2. The maximum Gasteiger partial charge on any atom is 0.289 e. The first-order valence-corrected chi connectivity index (χ1v) is 7.95. The van der Waals surface area contributed by atoms with Crippen LogP contribution in [-0.4, -0.2) is 40.5 Å². The smallest absolute Gasteiger partial charge is 0.289 e. The van der Waals surface area contributed by atoms with E-state index in [1.807, 2.05) is 6.07 Å². The van der Waals surface area contributed by atoms with E-state index < -0.39 is 4.92 Å². The van der Waals surface area contributed by atoms with Crippen LogP contribution < -0.4 is 5.32 Å². The van der Waals surface area contributed by atoms with E-state index in [2.05, 4.69) is 42.9 Å². The van der Waals surface area contributed by atoms with Crippen LogP contribution in [-0.2, 0) is 0 Å². The van der Waals surface area contributed by atoms with Crippen LogP contribution >= 0.6 is 0 Å². The Kier molecular flexibility index (Phi) is 7.42. The van der Waals surface area contributed by atoms with Crippen LogP contribution in [0.4, 0.5) is 11.5 Å². The summed E-state index contributed by atoms with van der Waals surface area (Å²) in [6.07, 6.45) is 2.21. The number of nitriles is 1. The van der Waals surface area contributed by atoms with Crippen molar-refractivity contribution in [2.24, 2.45) is 5.92 Å². The van der Waals surface area contributed by atoms with Gasteiger partial charge in [-0.25, -0.2) is 4.98 Å². The summed E-state index contributed by atoms with van der Waals surface area (Å²) in [5.74, 6) is 0.960. The first-order valence-electron chi connectivity index (χ1n) is 7.95. The van der Waals surface area contributed by atoms with Gasteiger partial charge in [-0.2, -0.15) is 5.26 Å². The van der Waals surface area contributed by atoms with Gasteiger partial charge in [0.05, 0.1) is 4.92 Å². The van der Waals surface area contributed by atoms with E-state index in [9.17, 15) is 15.4 Å². The molecule has 0 saturated heterocycles. The molecule has 1 aromatic rings. The monoisotopic (exact) mass is 319 g/mol. The highest BCUT2D eigenvalue weighted by molar-refractivity contribution is 5.55. The summed E-state index contributed by atoms with van der Waals surface area (Å²) < 4.78 is 0. The first kappa shape index (κ1) is 18.8. The lowest BCUT2D eigenvalue weighted by Crippen LogP contribution is -2.41. The minimum absolute atomic E-state index is 0.172. The van der Waals surface area contributed by atoms with Crippen LogP contribution in [0.15, 0.2) is 12.3 Å². The van der Waals surface area contributed by atoms with Gasteiger partial charge in [-0.3, -0.25) is 15.0 Å². The van der Waals surface area contributed by atoms with Crippen LogP contribution in [0.25, 0.3) is 0 Å². The number of hydrogen-bond acceptors (Lipinski definition) is 6. The third-order valence-electron chi connectivity index (χ3n) is 3.78. The largest absolute Gasteiger partial charge is 0.367 e. The minimum atomic E-state index is -0.547. The molecule has 0 radical (unpaired) electrons. The maximum atomic E-state index is 10.8. The molecule has 1 rings (SSSR count). The molecule has 0 aliphatic carbocycles. The van der Waals surface area contributed by atoms with E-state index in [1.165, 1.54) is 12.3 Å². The lowest BCUT2D eigenvalue weighted by Gasteiger charge is -2.31. The van der Waals surface area contributed by atoms with E-state index >= 15 is 0 Å². The molecule has 1 aromatic heterocycles. The first-order chi connectivity index (χ1) is 10.9. The Balaban J connectivity index is 2.88. The highest BCUT2D eigenvalue weighted by Gasteiger charge is 2.18. The second kappa shape index (κ2) is 9.06. The minimum Gasteiger partial charge on any atom is -0.367 e. The van der Waals surface area contributed by atoms with Crippen LogP contribution in [0, 0.1) is 27.4 Å². The van der Waals surface area contributed by atoms with Gasteiger partial charge in [0.1, 0.15) is 23.6 Å². The number of pyridine rings is 1. The number of nitrogens with one attached hydrogen (secondary N) is 1. The number of nitro groups is 1. The summed E-state index contributed by atoms with van der Waals surface area (Å²) in [6.45, 7) is 11.2. The van der Waals surface area contributed by atoms with E-state index in [0.29, 0.717) is 24.3 Å². The van der Waals surface area contributed by atoms with Gasteiger partial charge in [0.2, 0.25) is 0 Å². The lowest BCUT2D eigenvalue weighted by atomic mass is 10.0. The summed E-state index contributed by atoms with van der Waals surface area (Å²) in [6, 6.07) is 3.55. The lowest BCUT2D eigenvalue weighted by molar-refractivity contribution is -0.385. The van der Waals surface area contributed by atoms with Gasteiger partial charge in [0.15, 0.2) is 0 Å². The third kappa shape index (κ3) is 5.49. The highest BCUT2D eigenvalue weighted by Crippen LogP contribution is 2.19. The van der Waals surface area contributed by atoms with E-state index in [4.69, 9.17) is 0 Å². The highest BCUT2D eigenvalue weighted by atomic mass is 16.6. The zero-order valence-corrected chi connectivity index (χ0v) is 14.2. The fourth-order valence-electron chi connectivity index (χ4n) is 2.64. The average Bonchev–Trinajstić information content (AvgIpc) is 2.52. The Morgan fingerprint density at radius 1 is 1.43 bits per heavy atom. The van der Waals surface area contributed by atoms with Crippen molar-refractivity contribution in [1.82, 2.24) is 9.88 Å². The molecular weight excluding hydrogens is 294 g/mol. The number of aromatic nitrogens is 1. The van der Waals surface area contributed by atoms with E-state index in [0.717, 1.165) is 19.5 Å². The molecule has 23 heavy (non-hydrogen) atoms. The molecule has 7 nitrogen and oxygen atoms in total. The van der Waals surface area contributed by atoms with E-state index in [-0.39, 0.29) is 11.3 Å². The van der Waals surface area contributed by atoms with Gasteiger partial charge in [0.25, 0.3) is 5.69 Å². The summed E-state index contributed by atoms with van der Waals surface area (Å²) in [4.78, 5) is 16.6. The Morgan fingerprint density at radius 3 is 2.57 bits per heavy atom. The zero-order chi connectivity index (χ0) is 17.4. The second-order valence-electron chi connectivity index (χ2n) is 5.84. The molecule has 1 atom stereocenters. The SMILES string of the molecule is CCN(CC)[C@H](CNc1ncc([N+](=O)[O-])cc1C#N)CC(C)C. The predicted octanol–water partition coefficient (Wildman–Crippen LogP) is 3.03. The quantitative estimate of drug-likeness (QED) is 0.555. The molecule has 0 spiro atoms. The van der Waals surface area contributed by atoms with Crippen molar-refractivity contribution >= 4 is 11.5 Å². The van der Waals surface area contributed by atoms with Gasteiger partial charge in [-0.15, -0.1) is 0 Å². The van der Waals surface area contributed by atoms with Gasteiger partial charge in [0, 0.05) is 18.7 Å². The van der Waals surface area contributed by atoms with Crippen molar-refractivity contribution in [3.8, 4) is 6.07 Å². The fraction of sp³-hybridized carbons (Fsp3) is 0.625. The Hall–Kier alpha value is -2.20. The van der Waals surface area contributed by atoms with Gasteiger partial charge in [-0.1, -0.05) is 27.7 Å². The molecule has 0 aromatic carbocycles. The van der Waals surface area contributed by atoms with Crippen LogP contribution in [0.3, 0.4) is 0 Å². The molecule has 0 saturated carbocycles. The van der Waals surface area contributed by atoms with Crippen molar-refractivity contribution in [2.45, 2.75) is 40.2 Å². The van der Waals surface area contributed by atoms with Crippen molar-refractivity contribution in [3.05, 3.63) is 27.9 Å².